The number of rotatable bonds is 2. The standard InChI is InChI=1S/C15H19N3/c1-18(12-7-3-2-4-8-12)15-13-9-5-6-10-14(13)16-11-17-15/h5-6,9-12H,2-4,7-8H2,1H3. The molecule has 0 amide bonds. The third-order valence-corrected chi connectivity index (χ3v) is 3.98. The van der Waals surface area contributed by atoms with Crippen LogP contribution in [-0.2, 0) is 0 Å². The van der Waals surface area contributed by atoms with Crippen LogP contribution >= 0.6 is 0 Å². The van der Waals surface area contributed by atoms with Gasteiger partial charge in [0.25, 0.3) is 0 Å². The highest BCUT2D eigenvalue weighted by atomic mass is 15.2. The van der Waals surface area contributed by atoms with E-state index in [9.17, 15) is 0 Å². The lowest BCUT2D eigenvalue weighted by molar-refractivity contribution is 0.426. The van der Waals surface area contributed by atoms with E-state index in [4.69, 9.17) is 0 Å². The highest BCUT2D eigenvalue weighted by Crippen LogP contribution is 2.28. The first kappa shape index (κ1) is 11.5. The van der Waals surface area contributed by atoms with Crippen molar-refractivity contribution >= 4 is 16.7 Å². The van der Waals surface area contributed by atoms with Crippen molar-refractivity contribution in [1.29, 1.82) is 0 Å². The van der Waals surface area contributed by atoms with Gasteiger partial charge in [-0.1, -0.05) is 31.4 Å². The van der Waals surface area contributed by atoms with E-state index >= 15 is 0 Å². The van der Waals surface area contributed by atoms with Crippen molar-refractivity contribution in [2.75, 3.05) is 11.9 Å². The van der Waals surface area contributed by atoms with Gasteiger partial charge >= 0.3 is 0 Å². The van der Waals surface area contributed by atoms with Crippen molar-refractivity contribution in [3.8, 4) is 0 Å². The Morgan fingerprint density at radius 2 is 1.83 bits per heavy atom. The molecule has 0 saturated heterocycles. The topological polar surface area (TPSA) is 29.0 Å². The molecular formula is C15H19N3. The van der Waals surface area contributed by atoms with Gasteiger partial charge in [-0.05, 0) is 25.0 Å². The zero-order chi connectivity index (χ0) is 12.4. The lowest BCUT2D eigenvalue weighted by Gasteiger charge is -2.32. The van der Waals surface area contributed by atoms with Gasteiger partial charge in [-0.3, -0.25) is 0 Å². The molecule has 3 rings (SSSR count). The summed E-state index contributed by atoms with van der Waals surface area (Å²) in [5.74, 6) is 1.08. The molecule has 0 spiro atoms. The Bertz CT molecular complexity index is 527. The molecule has 1 aromatic carbocycles. The van der Waals surface area contributed by atoms with Gasteiger partial charge in [0.15, 0.2) is 0 Å². The molecule has 94 valence electrons. The summed E-state index contributed by atoms with van der Waals surface area (Å²) in [4.78, 5) is 11.2. The summed E-state index contributed by atoms with van der Waals surface area (Å²) in [6.07, 6.45) is 8.32. The van der Waals surface area contributed by atoms with Crippen LogP contribution in [0, 0.1) is 0 Å². The number of para-hydroxylation sites is 1. The largest absolute Gasteiger partial charge is 0.356 e. The molecule has 1 aliphatic rings. The Morgan fingerprint density at radius 3 is 2.67 bits per heavy atom. The Hall–Kier alpha value is -1.64. The van der Waals surface area contributed by atoms with Crippen molar-refractivity contribution in [3.05, 3.63) is 30.6 Å². The summed E-state index contributed by atoms with van der Waals surface area (Å²) in [6.45, 7) is 0. The van der Waals surface area contributed by atoms with Crippen LogP contribution in [0.1, 0.15) is 32.1 Å². The minimum Gasteiger partial charge on any atom is -0.356 e. The van der Waals surface area contributed by atoms with Crippen LogP contribution in [0.2, 0.25) is 0 Å². The second kappa shape index (κ2) is 4.92. The van der Waals surface area contributed by atoms with E-state index in [-0.39, 0.29) is 0 Å². The molecule has 3 nitrogen and oxygen atoms in total. The minimum absolute atomic E-state index is 0.636. The number of anilines is 1. The fourth-order valence-electron chi connectivity index (χ4n) is 2.91. The number of aromatic nitrogens is 2. The number of benzene rings is 1. The summed E-state index contributed by atoms with van der Waals surface area (Å²) >= 11 is 0. The first-order valence-corrected chi connectivity index (χ1v) is 6.79. The summed E-state index contributed by atoms with van der Waals surface area (Å²) < 4.78 is 0. The van der Waals surface area contributed by atoms with Crippen LogP contribution in [0.3, 0.4) is 0 Å². The van der Waals surface area contributed by atoms with Gasteiger partial charge in [0.05, 0.1) is 5.52 Å². The number of hydrogen-bond donors (Lipinski definition) is 0. The third-order valence-electron chi connectivity index (χ3n) is 3.98. The summed E-state index contributed by atoms with van der Waals surface area (Å²) in [6, 6.07) is 8.89. The van der Waals surface area contributed by atoms with E-state index in [0.29, 0.717) is 6.04 Å². The smallest absolute Gasteiger partial charge is 0.139 e. The van der Waals surface area contributed by atoms with E-state index < -0.39 is 0 Å². The van der Waals surface area contributed by atoms with Crippen LogP contribution in [-0.4, -0.2) is 23.1 Å². The summed E-state index contributed by atoms with van der Waals surface area (Å²) in [7, 11) is 2.17. The minimum atomic E-state index is 0.636. The van der Waals surface area contributed by atoms with E-state index in [1.165, 1.54) is 32.1 Å². The monoisotopic (exact) mass is 241 g/mol. The highest BCUT2D eigenvalue weighted by Gasteiger charge is 2.20. The SMILES string of the molecule is CN(c1ncnc2ccccc12)C1CCCCC1. The number of nitrogens with zero attached hydrogens (tertiary/aromatic N) is 3. The predicted octanol–water partition coefficient (Wildman–Crippen LogP) is 3.40. The van der Waals surface area contributed by atoms with Crippen LogP contribution < -0.4 is 4.90 Å². The number of hydrogen-bond acceptors (Lipinski definition) is 3. The molecule has 0 N–H and O–H groups in total. The zero-order valence-electron chi connectivity index (χ0n) is 10.8. The Balaban J connectivity index is 1.97. The lowest BCUT2D eigenvalue weighted by Crippen LogP contribution is -2.34. The first-order valence-electron chi connectivity index (χ1n) is 6.79. The molecule has 0 unspecified atom stereocenters. The fraction of sp³-hybridized carbons (Fsp3) is 0.467. The maximum Gasteiger partial charge on any atom is 0.139 e. The van der Waals surface area contributed by atoms with Gasteiger partial charge in [-0.25, -0.2) is 9.97 Å². The lowest BCUT2D eigenvalue weighted by atomic mass is 9.94. The second-order valence-corrected chi connectivity index (χ2v) is 5.12. The molecule has 1 heterocycles. The molecule has 1 saturated carbocycles. The molecule has 3 heteroatoms. The second-order valence-electron chi connectivity index (χ2n) is 5.12. The van der Waals surface area contributed by atoms with Crippen LogP contribution in [0.15, 0.2) is 30.6 Å². The summed E-state index contributed by atoms with van der Waals surface area (Å²) in [5, 5.41) is 1.16. The van der Waals surface area contributed by atoms with E-state index in [2.05, 4.69) is 40.1 Å². The van der Waals surface area contributed by atoms with Crippen LogP contribution in [0.5, 0.6) is 0 Å². The van der Waals surface area contributed by atoms with Gasteiger partial charge in [0.2, 0.25) is 0 Å². The van der Waals surface area contributed by atoms with Crippen molar-refractivity contribution in [1.82, 2.24) is 9.97 Å². The van der Waals surface area contributed by atoms with Gasteiger partial charge in [-0.15, -0.1) is 0 Å². The van der Waals surface area contributed by atoms with E-state index in [1.807, 2.05) is 6.07 Å². The van der Waals surface area contributed by atoms with Crippen LogP contribution in [0.4, 0.5) is 5.82 Å². The molecule has 0 atom stereocenters. The predicted molar refractivity (Wildman–Crippen MR) is 74.8 cm³/mol. The first-order chi connectivity index (χ1) is 8.86. The molecule has 1 aromatic heterocycles. The molecule has 2 aromatic rings. The molecular weight excluding hydrogens is 222 g/mol. The van der Waals surface area contributed by atoms with Gasteiger partial charge in [-0.2, -0.15) is 0 Å². The molecule has 0 radical (unpaired) electrons. The fourth-order valence-corrected chi connectivity index (χ4v) is 2.91. The summed E-state index contributed by atoms with van der Waals surface area (Å²) in [5.41, 5.74) is 1.03. The Labute approximate surface area is 108 Å². The Kier molecular flexibility index (Phi) is 3.13. The maximum absolute atomic E-state index is 4.50. The van der Waals surface area contributed by atoms with Crippen molar-refractivity contribution < 1.29 is 0 Å². The zero-order valence-corrected chi connectivity index (χ0v) is 10.8. The van der Waals surface area contributed by atoms with E-state index in [0.717, 1.165) is 16.7 Å². The third kappa shape index (κ3) is 2.05. The maximum atomic E-state index is 4.50. The average molecular weight is 241 g/mol. The van der Waals surface area contributed by atoms with Crippen LogP contribution in [0.25, 0.3) is 10.9 Å². The van der Waals surface area contributed by atoms with Gasteiger partial charge < -0.3 is 4.90 Å². The number of fused-ring (bicyclic) bond motifs is 1. The normalized spacial score (nSPS) is 16.9. The Morgan fingerprint density at radius 1 is 1.06 bits per heavy atom. The molecule has 1 aliphatic carbocycles. The average Bonchev–Trinajstić information content (AvgIpc) is 2.47. The van der Waals surface area contributed by atoms with Crippen molar-refractivity contribution in [2.24, 2.45) is 0 Å². The molecule has 0 aliphatic heterocycles. The quantitative estimate of drug-likeness (QED) is 0.807. The van der Waals surface area contributed by atoms with Crippen molar-refractivity contribution in [3.63, 3.8) is 0 Å². The highest BCUT2D eigenvalue weighted by molar-refractivity contribution is 5.89. The van der Waals surface area contributed by atoms with E-state index in [1.54, 1.807) is 6.33 Å². The molecule has 1 fully saturated rings. The van der Waals surface area contributed by atoms with Crippen molar-refractivity contribution in [2.45, 2.75) is 38.1 Å². The molecule has 0 bridgehead atoms. The van der Waals surface area contributed by atoms with Gasteiger partial charge in [0, 0.05) is 18.5 Å². The van der Waals surface area contributed by atoms with Gasteiger partial charge in [0.1, 0.15) is 12.1 Å². The molecule has 18 heavy (non-hydrogen) atoms.